The number of hydrogen-bond acceptors (Lipinski definition) is 2. The Morgan fingerprint density at radius 3 is 2.74 bits per heavy atom. The van der Waals surface area contributed by atoms with E-state index in [0.29, 0.717) is 12.5 Å². The van der Waals surface area contributed by atoms with Gasteiger partial charge in [0.05, 0.1) is 13.2 Å². The van der Waals surface area contributed by atoms with E-state index in [2.05, 4.69) is 46.9 Å². The molecule has 0 bridgehead atoms. The minimum Gasteiger partial charge on any atom is -0.493 e. The molecule has 98 valence electrons. The number of halogens is 1. The maximum Gasteiger partial charge on any atom is 0.122 e. The van der Waals surface area contributed by atoms with Crippen LogP contribution in [0.2, 0.25) is 0 Å². The van der Waals surface area contributed by atoms with Gasteiger partial charge in [0.1, 0.15) is 11.5 Å². The van der Waals surface area contributed by atoms with Gasteiger partial charge in [-0.2, -0.15) is 0 Å². The zero-order valence-corrected chi connectivity index (χ0v) is 12.7. The van der Waals surface area contributed by atoms with Crippen LogP contribution in [0.4, 0.5) is 0 Å². The van der Waals surface area contributed by atoms with Gasteiger partial charge in [-0.3, -0.25) is 0 Å². The first-order valence-corrected chi connectivity index (χ1v) is 7.51. The smallest absolute Gasteiger partial charge is 0.122 e. The Bertz CT molecular complexity index is 551. The monoisotopic (exact) mass is 366 g/mol. The Morgan fingerprint density at radius 2 is 1.89 bits per heavy atom. The van der Waals surface area contributed by atoms with Crippen LogP contribution in [0.25, 0.3) is 0 Å². The lowest BCUT2D eigenvalue weighted by atomic mass is 9.94. The van der Waals surface area contributed by atoms with Crippen molar-refractivity contribution in [3.05, 3.63) is 57.7 Å². The summed E-state index contributed by atoms with van der Waals surface area (Å²) in [6.45, 7) is 1.48. The van der Waals surface area contributed by atoms with Crippen molar-refractivity contribution in [1.29, 1.82) is 0 Å². The van der Waals surface area contributed by atoms with E-state index in [0.717, 1.165) is 24.5 Å². The van der Waals surface area contributed by atoms with Gasteiger partial charge in [0.2, 0.25) is 0 Å². The van der Waals surface area contributed by atoms with Crippen molar-refractivity contribution in [3.63, 3.8) is 0 Å². The standard InChI is InChI=1S/C16H15IO2/c17-13-5-7-14(8-6-13)19-11-12-9-10-18-16-4-2-1-3-15(12)16/h1-8,12H,9-11H2. The Hall–Kier alpha value is -1.23. The third-order valence-electron chi connectivity index (χ3n) is 3.35. The molecule has 19 heavy (non-hydrogen) atoms. The normalized spacial score (nSPS) is 17.4. The van der Waals surface area contributed by atoms with Crippen LogP contribution < -0.4 is 9.47 Å². The maximum atomic E-state index is 5.90. The zero-order valence-electron chi connectivity index (χ0n) is 10.5. The van der Waals surface area contributed by atoms with Crippen molar-refractivity contribution in [2.24, 2.45) is 0 Å². The predicted molar refractivity (Wildman–Crippen MR) is 83.9 cm³/mol. The topological polar surface area (TPSA) is 18.5 Å². The molecule has 0 aliphatic carbocycles. The fraction of sp³-hybridized carbons (Fsp3) is 0.250. The van der Waals surface area contributed by atoms with Crippen LogP contribution >= 0.6 is 22.6 Å². The van der Waals surface area contributed by atoms with Gasteiger partial charge in [-0.15, -0.1) is 0 Å². The molecule has 0 fully saturated rings. The highest BCUT2D eigenvalue weighted by molar-refractivity contribution is 14.1. The third kappa shape index (κ3) is 3.03. The molecule has 0 saturated heterocycles. The van der Waals surface area contributed by atoms with Crippen molar-refractivity contribution >= 4 is 22.6 Å². The summed E-state index contributed by atoms with van der Waals surface area (Å²) in [7, 11) is 0. The van der Waals surface area contributed by atoms with Crippen LogP contribution in [0.1, 0.15) is 17.9 Å². The summed E-state index contributed by atoms with van der Waals surface area (Å²) in [5, 5.41) is 0. The summed E-state index contributed by atoms with van der Waals surface area (Å²) in [6, 6.07) is 16.4. The van der Waals surface area contributed by atoms with E-state index in [4.69, 9.17) is 9.47 Å². The van der Waals surface area contributed by atoms with E-state index < -0.39 is 0 Å². The summed E-state index contributed by atoms with van der Waals surface area (Å²) in [5.41, 5.74) is 1.26. The van der Waals surface area contributed by atoms with Crippen LogP contribution in [-0.4, -0.2) is 13.2 Å². The molecule has 1 aliphatic heterocycles. The molecule has 1 aliphatic rings. The van der Waals surface area contributed by atoms with E-state index in [1.807, 2.05) is 24.3 Å². The molecule has 0 N–H and O–H groups in total. The molecule has 0 amide bonds. The lowest BCUT2D eigenvalue weighted by Crippen LogP contribution is -2.19. The number of ether oxygens (including phenoxy) is 2. The van der Waals surface area contributed by atoms with Gasteiger partial charge in [0.25, 0.3) is 0 Å². The zero-order chi connectivity index (χ0) is 13.1. The van der Waals surface area contributed by atoms with Crippen LogP contribution in [0.15, 0.2) is 48.5 Å². The Labute approximate surface area is 126 Å². The molecule has 2 nitrogen and oxygen atoms in total. The second-order valence-corrected chi connectivity index (χ2v) is 5.88. The highest BCUT2D eigenvalue weighted by Gasteiger charge is 2.21. The molecule has 3 rings (SSSR count). The molecule has 0 aromatic heterocycles. The van der Waals surface area contributed by atoms with Crippen LogP contribution in [0.5, 0.6) is 11.5 Å². The minimum atomic E-state index is 0.421. The first kappa shape index (κ1) is 12.8. The maximum absolute atomic E-state index is 5.90. The largest absolute Gasteiger partial charge is 0.493 e. The average molecular weight is 366 g/mol. The highest BCUT2D eigenvalue weighted by atomic mass is 127. The number of hydrogen-bond donors (Lipinski definition) is 0. The Balaban J connectivity index is 1.69. The summed E-state index contributed by atoms with van der Waals surface area (Å²) in [6.07, 6.45) is 1.02. The van der Waals surface area contributed by atoms with E-state index >= 15 is 0 Å². The summed E-state index contributed by atoms with van der Waals surface area (Å²) < 4.78 is 12.8. The molecule has 2 aromatic rings. The van der Waals surface area contributed by atoms with Gasteiger partial charge < -0.3 is 9.47 Å². The van der Waals surface area contributed by atoms with Gasteiger partial charge in [-0.1, -0.05) is 18.2 Å². The van der Waals surface area contributed by atoms with Crippen molar-refractivity contribution < 1.29 is 9.47 Å². The van der Waals surface area contributed by atoms with Crippen LogP contribution in [0.3, 0.4) is 0 Å². The van der Waals surface area contributed by atoms with Gasteiger partial charge in [-0.25, -0.2) is 0 Å². The number of rotatable bonds is 3. The first-order chi connectivity index (χ1) is 9.33. The second-order valence-electron chi connectivity index (χ2n) is 4.64. The van der Waals surface area contributed by atoms with Crippen molar-refractivity contribution in [2.45, 2.75) is 12.3 Å². The quantitative estimate of drug-likeness (QED) is 0.757. The molecule has 2 aromatic carbocycles. The summed E-state index contributed by atoms with van der Waals surface area (Å²) in [4.78, 5) is 0. The van der Waals surface area contributed by atoms with E-state index in [1.165, 1.54) is 9.13 Å². The number of para-hydroxylation sites is 1. The molecule has 0 spiro atoms. The van der Waals surface area contributed by atoms with Crippen molar-refractivity contribution in [3.8, 4) is 11.5 Å². The van der Waals surface area contributed by atoms with E-state index in [1.54, 1.807) is 0 Å². The Kier molecular flexibility index (Phi) is 3.92. The van der Waals surface area contributed by atoms with Gasteiger partial charge >= 0.3 is 0 Å². The molecule has 3 heteroatoms. The van der Waals surface area contributed by atoms with E-state index in [-0.39, 0.29) is 0 Å². The average Bonchev–Trinajstić information content (AvgIpc) is 2.47. The first-order valence-electron chi connectivity index (χ1n) is 6.43. The third-order valence-corrected chi connectivity index (χ3v) is 4.07. The second kappa shape index (κ2) is 5.82. The summed E-state index contributed by atoms with van der Waals surface area (Å²) >= 11 is 2.30. The van der Waals surface area contributed by atoms with Gasteiger partial charge in [0, 0.05) is 15.1 Å². The Morgan fingerprint density at radius 1 is 1.11 bits per heavy atom. The fourth-order valence-corrected chi connectivity index (χ4v) is 2.68. The molecular formula is C16H15IO2. The van der Waals surface area contributed by atoms with E-state index in [9.17, 15) is 0 Å². The molecule has 0 radical (unpaired) electrons. The molecular weight excluding hydrogens is 351 g/mol. The van der Waals surface area contributed by atoms with Gasteiger partial charge in [-0.05, 0) is 59.3 Å². The SMILES string of the molecule is Ic1ccc(OCC2CCOc3ccccc32)cc1. The number of benzene rings is 2. The van der Waals surface area contributed by atoms with Crippen LogP contribution in [-0.2, 0) is 0 Å². The number of fused-ring (bicyclic) bond motifs is 1. The minimum absolute atomic E-state index is 0.421. The highest BCUT2D eigenvalue weighted by Crippen LogP contribution is 2.33. The van der Waals surface area contributed by atoms with Gasteiger partial charge in [0.15, 0.2) is 0 Å². The lowest BCUT2D eigenvalue weighted by Gasteiger charge is -2.25. The molecule has 1 atom stereocenters. The fourth-order valence-electron chi connectivity index (χ4n) is 2.32. The van der Waals surface area contributed by atoms with Crippen molar-refractivity contribution in [2.75, 3.05) is 13.2 Å². The lowest BCUT2D eigenvalue weighted by molar-refractivity contribution is 0.217. The molecule has 0 saturated carbocycles. The molecule has 1 heterocycles. The van der Waals surface area contributed by atoms with Crippen molar-refractivity contribution in [1.82, 2.24) is 0 Å². The van der Waals surface area contributed by atoms with Crippen LogP contribution in [0, 0.1) is 3.57 Å². The molecule has 1 unspecified atom stereocenters. The summed E-state index contributed by atoms with van der Waals surface area (Å²) in [5.74, 6) is 2.36. The predicted octanol–water partition coefficient (Wildman–Crippen LogP) is 4.24.